The molecule has 2 rings (SSSR count). The van der Waals surface area contributed by atoms with E-state index in [1.165, 1.54) is 0 Å². The third kappa shape index (κ3) is 2.74. The molecule has 1 aromatic heterocycles. The summed E-state index contributed by atoms with van der Waals surface area (Å²) in [5.41, 5.74) is 4.23. The van der Waals surface area contributed by atoms with Crippen LogP contribution in [0, 0.1) is 13.8 Å². The summed E-state index contributed by atoms with van der Waals surface area (Å²) in [7, 11) is -3.59. The van der Waals surface area contributed by atoms with Crippen molar-refractivity contribution in [2.24, 2.45) is 5.14 Å². The zero-order chi connectivity index (χ0) is 12.6. The molecule has 3 nitrogen and oxygen atoms in total. The van der Waals surface area contributed by atoms with Crippen molar-refractivity contribution in [1.29, 1.82) is 0 Å². The van der Waals surface area contributed by atoms with Gasteiger partial charge in [0, 0.05) is 0 Å². The standard InChI is InChI=1S/C12H13NO2S2/c1-8-3-9(2)5-10(4-8)11-6-12(16-7-11)17(13,14)15/h3-7H,1-2H3,(H2,13,14,15). The highest BCUT2D eigenvalue weighted by molar-refractivity contribution is 7.91. The molecule has 90 valence electrons. The van der Waals surface area contributed by atoms with E-state index in [1.807, 2.05) is 31.4 Å². The molecule has 0 atom stereocenters. The lowest BCUT2D eigenvalue weighted by molar-refractivity contribution is 0.600. The van der Waals surface area contributed by atoms with Crippen LogP contribution in [0.4, 0.5) is 0 Å². The Bertz CT molecular complexity index is 637. The highest BCUT2D eigenvalue weighted by atomic mass is 32.2. The van der Waals surface area contributed by atoms with Crippen LogP contribution in [0.2, 0.25) is 0 Å². The molecule has 0 unspecified atom stereocenters. The van der Waals surface area contributed by atoms with Gasteiger partial charge in [0.1, 0.15) is 4.21 Å². The summed E-state index contributed by atoms with van der Waals surface area (Å²) in [4.78, 5) is 0. The average Bonchev–Trinajstić information content (AvgIpc) is 2.63. The number of benzene rings is 1. The summed E-state index contributed by atoms with van der Waals surface area (Å²) in [6.07, 6.45) is 0. The molecule has 0 fully saturated rings. The topological polar surface area (TPSA) is 60.2 Å². The van der Waals surface area contributed by atoms with Crippen LogP contribution in [0.25, 0.3) is 11.1 Å². The summed E-state index contributed by atoms with van der Waals surface area (Å²) in [5.74, 6) is 0. The molecule has 0 aliphatic rings. The van der Waals surface area contributed by atoms with E-state index in [4.69, 9.17) is 5.14 Å². The molecular formula is C12H13NO2S2. The molecular weight excluding hydrogens is 254 g/mol. The minimum absolute atomic E-state index is 0.201. The van der Waals surface area contributed by atoms with Crippen LogP contribution in [-0.4, -0.2) is 8.42 Å². The maximum absolute atomic E-state index is 11.2. The van der Waals surface area contributed by atoms with Gasteiger partial charge in [0.2, 0.25) is 10.0 Å². The number of primary sulfonamides is 1. The molecule has 0 radical (unpaired) electrons. The number of aryl methyl sites for hydroxylation is 2. The van der Waals surface area contributed by atoms with Crippen LogP contribution in [0.3, 0.4) is 0 Å². The van der Waals surface area contributed by atoms with Crippen molar-refractivity contribution >= 4 is 21.4 Å². The van der Waals surface area contributed by atoms with Gasteiger partial charge in [0.25, 0.3) is 0 Å². The van der Waals surface area contributed by atoms with Gasteiger partial charge >= 0.3 is 0 Å². The summed E-state index contributed by atoms with van der Waals surface area (Å²) >= 11 is 1.15. The predicted octanol–water partition coefficient (Wildman–Crippen LogP) is 2.68. The van der Waals surface area contributed by atoms with E-state index in [2.05, 4.69) is 6.07 Å². The number of nitrogens with two attached hydrogens (primary N) is 1. The molecule has 2 aromatic rings. The summed E-state index contributed by atoms with van der Waals surface area (Å²) in [5, 5.41) is 6.90. The summed E-state index contributed by atoms with van der Waals surface area (Å²) in [6.45, 7) is 4.03. The zero-order valence-corrected chi connectivity index (χ0v) is 11.2. The Balaban J connectivity index is 2.51. The van der Waals surface area contributed by atoms with Gasteiger partial charge < -0.3 is 0 Å². The Labute approximate surface area is 105 Å². The third-order valence-electron chi connectivity index (χ3n) is 2.41. The average molecular weight is 267 g/mol. The number of hydrogen-bond donors (Lipinski definition) is 1. The van der Waals surface area contributed by atoms with Crippen molar-refractivity contribution in [3.63, 3.8) is 0 Å². The van der Waals surface area contributed by atoms with Crippen molar-refractivity contribution in [2.45, 2.75) is 18.1 Å². The molecule has 0 amide bonds. The van der Waals surface area contributed by atoms with Crippen molar-refractivity contribution in [2.75, 3.05) is 0 Å². The minimum Gasteiger partial charge on any atom is -0.224 e. The lowest BCUT2D eigenvalue weighted by atomic mass is 10.0. The van der Waals surface area contributed by atoms with E-state index in [0.29, 0.717) is 0 Å². The van der Waals surface area contributed by atoms with Crippen molar-refractivity contribution in [1.82, 2.24) is 0 Å². The largest absolute Gasteiger partial charge is 0.247 e. The van der Waals surface area contributed by atoms with E-state index < -0.39 is 10.0 Å². The first-order valence-corrected chi connectivity index (χ1v) is 7.49. The molecule has 5 heteroatoms. The van der Waals surface area contributed by atoms with E-state index in [1.54, 1.807) is 6.07 Å². The lowest BCUT2D eigenvalue weighted by Gasteiger charge is -2.02. The Hall–Kier alpha value is -1.17. The highest BCUT2D eigenvalue weighted by Crippen LogP contribution is 2.29. The van der Waals surface area contributed by atoms with Gasteiger partial charge in [-0.2, -0.15) is 0 Å². The second-order valence-electron chi connectivity index (χ2n) is 4.08. The SMILES string of the molecule is Cc1cc(C)cc(-c2csc(S(N)(=O)=O)c2)c1. The van der Waals surface area contributed by atoms with E-state index in [9.17, 15) is 8.42 Å². The van der Waals surface area contributed by atoms with Gasteiger partial charge in [-0.15, -0.1) is 11.3 Å². The van der Waals surface area contributed by atoms with Gasteiger partial charge in [-0.3, -0.25) is 0 Å². The van der Waals surface area contributed by atoms with Crippen LogP contribution >= 0.6 is 11.3 Å². The number of hydrogen-bond acceptors (Lipinski definition) is 3. The van der Waals surface area contributed by atoms with Gasteiger partial charge in [-0.1, -0.05) is 29.3 Å². The van der Waals surface area contributed by atoms with E-state index in [-0.39, 0.29) is 4.21 Å². The van der Waals surface area contributed by atoms with Crippen molar-refractivity contribution in [3.8, 4) is 11.1 Å². The van der Waals surface area contributed by atoms with Gasteiger partial charge in [-0.05, 0) is 36.4 Å². The normalized spacial score (nSPS) is 11.7. The molecule has 17 heavy (non-hydrogen) atoms. The first-order valence-electron chi connectivity index (χ1n) is 5.06. The van der Waals surface area contributed by atoms with Crippen molar-refractivity contribution < 1.29 is 8.42 Å². The third-order valence-corrected chi connectivity index (χ3v) is 4.80. The molecule has 0 saturated carbocycles. The van der Waals surface area contributed by atoms with Crippen molar-refractivity contribution in [3.05, 3.63) is 40.8 Å². The van der Waals surface area contributed by atoms with Gasteiger partial charge in [0.15, 0.2) is 0 Å². The zero-order valence-electron chi connectivity index (χ0n) is 9.60. The highest BCUT2D eigenvalue weighted by Gasteiger charge is 2.12. The van der Waals surface area contributed by atoms with Crippen LogP contribution in [-0.2, 0) is 10.0 Å². The Kier molecular flexibility index (Phi) is 3.07. The summed E-state index contributed by atoms with van der Waals surface area (Å²) < 4.78 is 22.6. The number of sulfonamides is 1. The smallest absolute Gasteiger partial charge is 0.224 e. The Morgan fingerprint density at radius 2 is 1.59 bits per heavy atom. The van der Waals surface area contributed by atoms with Gasteiger partial charge in [0.05, 0.1) is 0 Å². The van der Waals surface area contributed by atoms with Gasteiger partial charge in [-0.25, -0.2) is 13.6 Å². The molecule has 0 spiro atoms. The lowest BCUT2D eigenvalue weighted by Crippen LogP contribution is -2.09. The van der Waals surface area contributed by atoms with E-state index >= 15 is 0 Å². The van der Waals surface area contributed by atoms with Crippen LogP contribution in [0.1, 0.15) is 11.1 Å². The fraction of sp³-hybridized carbons (Fsp3) is 0.167. The van der Waals surface area contributed by atoms with Crippen LogP contribution < -0.4 is 5.14 Å². The molecule has 1 heterocycles. The van der Waals surface area contributed by atoms with Crippen LogP contribution in [0.5, 0.6) is 0 Å². The first kappa shape index (κ1) is 12.3. The quantitative estimate of drug-likeness (QED) is 0.909. The fourth-order valence-electron chi connectivity index (χ4n) is 1.76. The molecule has 0 aliphatic carbocycles. The number of thiophene rings is 1. The fourth-order valence-corrected chi connectivity index (χ4v) is 3.37. The minimum atomic E-state index is -3.59. The molecule has 0 saturated heterocycles. The van der Waals surface area contributed by atoms with E-state index in [0.717, 1.165) is 33.6 Å². The Morgan fingerprint density at radius 1 is 1.00 bits per heavy atom. The first-order chi connectivity index (χ1) is 7.86. The molecule has 1 aromatic carbocycles. The molecule has 0 aliphatic heterocycles. The molecule has 0 bridgehead atoms. The maximum atomic E-state index is 11.2. The second kappa shape index (κ2) is 4.25. The summed E-state index contributed by atoms with van der Waals surface area (Å²) in [6, 6.07) is 7.76. The molecule has 2 N–H and O–H groups in total. The maximum Gasteiger partial charge on any atom is 0.247 e. The number of rotatable bonds is 2. The Morgan fingerprint density at radius 3 is 2.06 bits per heavy atom. The van der Waals surface area contributed by atoms with Crippen LogP contribution in [0.15, 0.2) is 33.9 Å². The second-order valence-corrected chi connectivity index (χ2v) is 6.78. The predicted molar refractivity (Wildman–Crippen MR) is 70.6 cm³/mol. The monoisotopic (exact) mass is 267 g/mol.